The number of benzene rings is 2. The van der Waals surface area contributed by atoms with Crippen molar-refractivity contribution in [3.8, 4) is 0 Å². The van der Waals surface area contributed by atoms with Gasteiger partial charge in [-0.1, -0.05) is 12.1 Å². The van der Waals surface area contributed by atoms with Gasteiger partial charge < -0.3 is 10.6 Å². The first-order valence-electron chi connectivity index (χ1n) is 8.76. The third-order valence-electron chi connectivity index (χ3n) is 5.11. The molecule has 1 aromatic heterocycles. The van der Waals surface area contributed by atoms with Crippen molar-refractivity contribution in [2.24, 2.45) is 0 Å². The highest BCUT2D eigenvalue weighted by molar-refractivity contribution is 6.21. The van der Waals surface area contributed by atoms with Crippen LogP contribution in [0.3, 0.4) is 0 Å². The van der Waals surface area contributed by atoms with E-state index in [1.807, 2.05) is 0 Å². The fraction of sp³-hybridized carbons (Fsp3) is 0.105. The zero-order valence-electron chi connectivity index (χ0n) is 15.1. The number of hydrogen-bond acceptors (Lipinski definition) is 6. The fourth-order valence-electron chi connectivity index (χ4n) is 3.83. The number of para-hydroxylation sites is 1. The van der Waals surface area contributed by atoms with Crippen LogP contribution >= 0.6 is 0 Å². The topological polar surface area (TPSA) is 133 Å². The molecular weight excluding hydrogens is 376 g/mol. The van der Waals surface area contributed by atoms with Crippen LogP contribution in [0.5, 0.6) is 0 Å². The van der Waals surface area contributed by atoms with Gasteiger partial charge >= 0.3 is 0 Å². The monoisotopic (exact) mass is 390 g/mol. The SMILES string of the molecule is Cc1cc(N2C(=O)c3ccccc3NC23C(=O)Nc2ccc([N+](=O)[O-])cc23)n[nH]1. The van der Waals surface area contributed by atoms with Crippen molar-refractivity contribution in [3.63, 3.8) is 0 Å². The first-order chi connectivity index (χ1) is 13.9. The second-order valence-electron chi connectivity index (χ2n) is 6.87. The van der Waals surface area contributed by atoms with Gasteiger partial charge in [0.05, 0.1) is 10.5 Å². The van der Waals surface area contributed by atoms with E-state index in [9.17, 15) is 19.7 Å². The molecule has 2 aromatic carbocycles. The molecule has 0 saturated heterocycles. The third kappa shape index (κ3) is 2.19. The van der Waals surface area contributed by atoms with Crippen molar-refractivity contribution in [2.75, 3.05) is 15.5 Å². The Morgan fingerprint density at radius 1 is 1.10 bits per heavy atom. The number of nitrogens with zero attached hydrogens (tertiary/aromatic N) is 3. The van der Waals surface area contributed by atoms with Gasteiger partial charge in [0.25, 0.3) is 17.5 Å². The second-order valence-corrected chi connectivity index (χ2v) is 6.87. The zero-order chi connectivity index (χ0) is 20.3. The number of nitro groups is 1. The van der Waals surface area contributed by atoms with Crippen molar-refractivity contribution < 1.29 is 14.5 Å². The smallest absolute Gasteiger partial charge is 0.276 e. The maximum Gasteiger partial charge on any atom is 0.276 e. The van der Waals surface area contributed by atoms with Crippen molar-refractivity contribution in [3.05, 3.63) is 75.5 Å². The van der Waals surface area contributed by atoms with Gasteiger partial charge in [-0.2, -0.15) is 5.10 Å². The van der Waals surface area contributed by atoms with Crippen molar-refractivity contribution in [2.45, 2.75) is 12.6 Å². The predicted octanol–water partition coefficient (Wildman–Crippen LogP) is 2.50. The first-order valence-corrected chi connectivity index (χ1v) is 8.76. The van der Waals surface area contributed by atoms with E-state index in [0.29, 0.717) is 22.6 Å². The molecule has 0 saturated carbocycles. The lowest BCUT2D eigenvalue weighted by molar-refractivity contribution is -0.384. The fourth-order valence-corrected chi connectivity index (χ4v) is 3.83. The number of nitro benzene ring substituents is 1. The van der Waals surface area contributed by atoms with Crippen molar-refractivity contribution in [1.82, 2.24) is 10.2 Å². The van der Waals surface area contributed by atoms with Crippen LogP contribution in [-0.4, -0.2) is 26.9 Å². The molecule has 2 aliphatic rings. The molecule has 144 valence electrons. The predicted molar refractivity (Wildman–Crippen MR) is 104 cm³/mol. The molecule has 1 atom stereocenters. The molecule has 1 unspecified atom stereocenters. The van der Waals surface area contributed by atoms with Crippen LogP contribution in [0.4, 0.5) is 22.9 Å². The van der Waals surface area contributed by atoms with Gasteiger partial charge in [0, 0.05) is 40.8 Å². The maximum absolute atomic E-state index is 13.5. The lowest BCUT2D eigenvalue weighted by atomic mass is 9.92. The molecule has 0 bridgehead atoms. The summed E-state index contributed by atoms with van der Waals surface area (Å²) >= 11 is 0. The molecule has 0 fully saturated rings. The molecule has 29 heavy (non-hydrogen) atoms. The van der Waals surface area contributed by atoms with Gasteiger partial charge in [-0.15, -0.1) is 0 Å². The van der Waals surface area contributed by atoms with Crippen molar-refractivity contribution >= 4 is 34.7 Å². The summed E-state index contributed by atoms with van der Waals surface area (Å²) in [6, 6.07) is 12.5. The maximum atomic E-state index is 13.5. The summed E-state index contributed by atoms with van der Waals surface area (Å²) in [5, 5.41) is 24.2. The minimum absolute atomic E-state index is 0.189. The Balaban J connectivity index is 1.82. The lowest BCUT2D eigenvalue weighted by Crippen LogP contribution is -2.62. The van der Waals surface area contributed by atoms with Crippen molar-refractivity contribution in [1.29, 1.82) is 0 Å². The Kier molecular flexibility index (Phi) is 3.29. The minimum Gasteiger partial charge on any atom is -0.350 e. The summed E-state index contributed by atoms with van der Waals surface area (Å²) in [5.41, 5.74) is 0.276. The van der Waals surface area contributed by atoms with Gasteiger partial charge in [-0.25, -0.2) is 0 Å². The third-order valence-corrected chi connectivity index (χ3v) is 5.11. The molecule has 2 amide bonds. The second kappa shape index (κ2) is 5.64. The highest BCUT2D eigenvalue weighted by Crippen LogP contribution is 2.47. The molecule has 1 spiro atoms. The summed E-state index contributed by atoms with van der Waals surface area (Å²) < 4.78 is 0. The van der Waals surface area contributed by atoms with E-state index >= 15 is 0 Å². The average molecular weight is 390 g/mol. The lowest BCUT2D eigenvalue weighted by Gasteiger charge is -2.43. The standard InChI is InChI=1S/C19H14N6O4/c1-10-8-16(23-22-10)24-17(26)12-4-2-3-5-14(12)21-19(24)13-9-11(25(28)29)6-7-15(13)20-18(19)27/h2-9,21H,1H3,(H,20,27)(H,22,23). The molecule has 10 heteroatoms. The number of carbonyl (C=O) groups is 2. The van der Waals surface area contributed by atoms with E-state index in [1.54, 1.807) is 37.3 Å². The quantitative estimate of drug-likeness (QED) is 0.455. The van der Waals surface area contributed by atoms with Crippen LogP contribution in [0, 0.1) is 17.0 Å². The van der Waals surface area contributed by atoms with Gasteiger partial charge in [0.2, 0.25) is 5.66 Å². The van der Waals surface area contributed by atoms with E-state index in [-0.39, 0.29) is 17.1 Å². The average Bonchev–Trinajstić information content (AvgIpc) is 3.23. The molecule has 0 aliphatic carbocycles. The number of amides is 2. The van der Waals surface area contributed by atoms with E-state index in [2.05, 4.69) is 20.8 Å². The van der Waals surface area contributed by atoms with E-state index in [0.717, 1.165) is 0 Å². The van der Waals surface area contributed by atoms with Gasteiger partial charge in [0.15, 0.2) is 5.82 Å². The van der Waals surface area contributed by atoms with E-state index in [4.69, 9.17) is 0 Å². The normalized spacial score (nSPS) is 19.6. The summed E-state index contributed by atoms with van der Waals surface area (Å²) in [7, 11) is 0. The number of aryl methyl sites for hydroxylation is 1. The molecule has 3 heterocycles. The van der Waals surface area contributed by atoms with Crippen LogP contribution in [0.15, 0.2) is 48.5 Å². The first kappa shape index (κ1) is 16.9. The highest BCUT2D eigenvalue weighted by atomic mass is 16.6. The molecule has 0 radical (unpaired) electrons. The Bertz CT molecular complexity index is 1220. The number of nitrogens with one attached hydrogen (secondary N) is 3. The molecule has 10 nitrogen and oxygen atoms in total. The van der Waals surface area contributed by atoms with Crippen LogP contribution in [0.25, 0.3) is 0 Å². The minimum atomic E-state index is -1.71. The number of aromatic nitrogens is 2. The van der Waals surface area contributed by atoms with Crippen LogP contribution in [0.2, 0.25) is 0 Å². The molecule has 2 aliphatic heterocycles. The number of non-ortho nitro benzene ring substituents is 1. The van der Waals surface area contributed by atoms with Crippen LogP contribution < -0.4 is 15.5 Å². The molecule has 5 rings (SSSR count). The zero-order valence-corrected chi connectivity index (χ0v) is 15.1. The number of fused-ring (bicyclic) bond motifs is 3. The Morgan fingerprint density at radius 2 is 1.90 bits per heavy atom. The van der Waals surface area contributed by atoms with Gasteiger partial charge in [-0.05, 0) is 25.1 Å². The summed E-state index contributed by atoms with van der Waals surface area (Å²) in [5.74, 6) is -0.749. The van der Waals surface area contributed by atoms with E-state index in [1.165, 1.54) is 23.1 Å². The highest BCUT2D eigenvalue weighted by Gasteiger charge is 2.58. The summed E-state index contributed by atoms with van der Waals surface area (Å²) in [6.07, 6.45) is 0. The Hall–Kier alpha value is -4.21. The molecular formula is C19H14N6O4. The Labute approximate surface area is 163 Å². The molecule has 3 N–H and O–H groups in total. The Morgan fingerprint density at radius 3 is 2.62 bits per heavy atom. The number of anilines is 3. The van der Waals surface area contributed by atoms with E-state index < -0.39 is 22.4 Å². The number of rotatable bonds is 2. The number of H-pyrrole nitrogens is 1. The largest absolute Gasteiger partial charge is 0.350 e. The number of aromatic amines is 1. The summed E-state index contributed by atoms with van der Waals surface area (Å²) in [4.78, 5) is 38.8. The van der Waals surface area contributed by atoms with Crippen LogP contribution in [-0.2, 0) is 10.5 Å². The van der Waals surface area contributed by atoms with Gasteiger partial charge in [0.1, 0.15) is 0 Å². The summed E-state index contributed by atoms with van der Waals surface area (Å²) in [6.45, 7) is 1.77. The number of carbonyl (C=O) groups excluding carboxylic acids is 2. The van der Waals surface area contributed by atoms with Gasteiger partial charge in [-0.3, -0.25) is 29.7 Å². The number of hydrogen-bond donors (Lipinski definition) is 3. The molecule has 3 aromatic rings. The van der Waals surface area contributed by atoms with Crippen LogP contribution in [0.1, 0.15) is 21.6 Å².